The van der Waals surface area contributed by atoms with Gasteiger partial charge in [0.1, 0.15) is 5.75 Å². The minimum atomic E-state index is -0.164. The van der Waals surface area contributed by atoms with Gasteiger partial charge in [-0.1, -0.05) is 18.2 Å². The molecule has 1 aliphatic rings. The number of benzene rings is 1. The van der Waals surface area contributed by atoms with Crippen molar-refractivity contribution in [2.45, 2.75) is 25.9 Å². The van der Waals surface area contributed by atoms with Crippen LogP contribution in [-0.4, -0.2) is 19.1 Å². The summed E-state index contributed by atoms with van der Waals surface area (Å²) in [6.07, 6.45) is 4.05. The standard InChI is InChI=1S/C14H17NO2/c1-9(2)17-11-5-7-12-10(8-11)4-6-13(12)14(16)15-3/h4-9,13H,1-3H3,(H,15,16). The van der Waals surface area contributed by atoms with Crippen LogP contribution >= 0.6 is 0 Å². The fourth-order valence-corrected chi connectivity index (χ4v) is 2.01. The van der Waals surface area contributed by atoms with Crippen LogP contribution in [0.2, 0.25) is 0 Å². The first-order chi connectivity index (χ1) is 8.11. The van der Waals surface area contributed by atoms with Gasteiger partial charge in [-0.05, 0) is 37.1 Å². The molecule has 1 aromatic rings. The second kappa shape index (κ2) is 4.62. The van der Waals surface area contributed by atoms with Gasteiger partial charge in [0.2, 0.25) is 5.91 Å². The van der Waals surface area contributed by atoms with Gasteiger partial charge in [-0.2, -0.15) is 0 Å². The van der Waals surface area contributed by atoms with E-state index in [0.717, 1.165) is 16.9 Å². The number of nitrogens with one attached hydrogen (secondary N) is 1. The average molecular weight is 231 g/mol. The van der Waals surface area contributed by atoms with Crippen molar-refractivity contribution in [3.8, 4) is 5.75 Å². The Kier molecular flexibility index (Phi) is 3.18. The van der Waals surface area contributed by atoms with E-state index in [4.69, 9.17) is 4.74 Å². The molecule has 1 unspecified atom stereocenters. The highest BCUT2D eigenvalue weighted by molar-refractivity contribution is 5.90. The second-order valence-electron chi connectivity index (χ2n) is 4.41. The minimum Gasteiger partial charge on any atom is -0.491 e. The maximum Gasteiger partial charge on any atom is 0.231 e. The van der Waals surface area contributed by atoms with Crippen LogP contribution < -0.4 is 10.1 Å². The summed E-state index contributed by atoms with van der Waals surface area (Å²) in [6.45, 7) is 3.99. The number of fused-ring (bicyclic) bond motifs is 1. The van der Waals surface area contributed by atoms with E-state index in [1.54, 1.807) is 7.05 Å². The molecular formula is C14H17NO2. The molecule has 0 aliphatic heterocycles. The number of ether oxygens (including phenoxy) is 1. The van der Waals surface area contributed by atoms with Crippen molar-refractivity contribution in [2.24, 2.45) is 0 Å². The highest BCUT2D eigenvalue weighted by atomic mass is 16.5. The molecule has 0 saturated carbocycles. The quantitative estimate of drug-likeness (QED) is 0.867. The van der Waals surface area contributed by atoms with Gasteiger partial charge in [0, 0.05) is 7.05 Å². The molecule has 0 fully saturated rings. The number of carbonyl (C=O) groups is 1. The monoisotopic (exact) mass is 231 g/mol. The molecule has 0 bridgehead atoms. The zero-order chi connectivity index (χ0) is 12.4. The summed E-state index contributed by atoms with van der Waals surface area (Å²) >= 11 is 0. The Balaban J connectivity index is 2.26. The molecule has 3 heteroatoms. The van der Waals surface area contributed by atoms with E-state index in [9.17, 15) is 4.79 Å². The predicted octanol–water partition coefficient (Wildman–Crippen LogP) is 2.33. The normalized spacial score (nSPS) is 17.1. The van der Waals surface area contributed by atoms with Crippen LogP contribution in [0.15, 0.2) is 24.3 Å². The van der Waals surface area contributed by atoms with Crippen molar-refractivity contribution in [1.29, 1.82) is 0 Å². The molecule has 1 aliphatic carbocycles. The van der Waals surface area contributed by atoms with Gasteiger partial charge < -0.3 is 10.1 Å². The van der Waals surface area contributed by atoms with Gasteiger partial charge in [0.15, 0.2) is 0 Å². The molecule has 17 heavy (non-hydrogen) atoms. The van der Waals surface area contributed by atoms with Crippen LogP contribution in [0.5, 0.6) is 5.75 Å². The maximum absolute atomic E-state index is 11.6. The van der Waals surface area contributed by atoms with Crippen molar-refractivity contribution in [3.05, 3.63) is 35.4 Å². The minimum absolute atomic E-state index is 0.0255. The zero-order valence-corrected chi connectivity index (χ0v) is 10.4. The van der Waals surface area contributed by atoms with Crippen LogP contribution in [0.4, 0.5) is 0 Å². The lowest BCUT2D eigenvalue weighted by Crippen LogP contribution is -2.23. The van der Waals surface area contributed by atoms with Crippen molar-refractivity contribution in [3.63, 3.8) is 0 Å². The molecule has 1 aromatic carbocycles. The van der Waals surface area contributed by atoms with Crippen LogP contribution in [0, 0.1) is 0 Å². The van der Waals surface area contributed by atoms with E-state index in [0.29, 0.717) is 0 Å². The molecule has 90 valence electrons. The summed E-state index contributed by atoms with van der Waals surface area (Å²) in [7, 11) is 1.66. The third-order valence-corrected chi connectivity index (χ3v) is 2.76. The van der Waals surface area contributed by atoms with Gasteiger partial charge in [0.05, 0.1) is 12.0 Å². The molecule has 3 nitrogen and oxygen atoms in total. The summed E-state index contributed by atoms with van der Waals surface area (Å²) in [4.78, 5) is 11.6. The lowest BCUT2D eigenvalue weighted by molar-refractivity contribution is -0.121. The van der Waals surface area contributed by atoms with Crippen molar-refractivity contribution >= 4 is 12.0 Å². The molecule has 2 rings (SSSR count). The summed E-state index contributed by atoms with van der Waals surface area (Å²) in [5.74, 6) is 0.710. The second-order valence-corrected chi connectivity index (χ2v) is 4.41. The number of amides is 1. The molecule has 0 heterocycles. The Bertz CT molecular complexity index is 463. The average Bonchev–Trinajstić information content (AvgIpc) is 2.70. The van der Waals surface area contributed by atoms with E-state index < -0.39 is 0 Å². The van der Waals surface area contributed by atoms with Crippen LogP contribution in [0.25, 0.3) is 6.08 Å². The highest BCUT2D eigenvalue weighted by Gasteiger charge is 2.23. The molecule has 1 N–H and O–H groups in total. The van der Waals surface area contributed by atoms with Crippen LogP contribution in [0.3, 0.4) is 0 Å². The first-order valence-corrected chi connectivity index (χ1v) is 5.82. The number of rotatable bonds is 3. The van der Waals surface area contributed by atoms with Gasteiger partial charge >= 0.3 is 0 Å². The van der Waals surface area contributed by atoms with Crippen molar-refractivity contribution < 1.29 is 9.53 Å². The van der Waals surface area contributed by atoms with E-state index in [1.807, 2.05) is 44.2 Å². The summed E-state index contributed by atoms with van der Waals surface area (Å²) in [5.41, 5.74) is 2.11. The van der Waals surface area contributed by atoms with Crippen molar-refractivity contribution in [1.82, 2.24) is 5.32 Å². The molecule has 0 aromatic heterocycles. The van der Waals surface area contributed by atoms with E-state index in [1.165, 1.54) is 0 Å². The molecule has 1 amide bonds. The number of likely N-dealkylation sites (N-methyl/N-ethyl adjacent to an activating group) is 1. The maximum atomic E-state index is 11.6. The topological polar surface area (TPSA) is 38.3 Å². The molecule has 0 saturated heterocycles. The Morgan fingerprint density at radius 1 is 1.41 bits per heavy atom. The first-order valence-electron chi connectivity index (χ1n) is 5.82. The number of hydrogen-bond acceptors (Lipinski definition) is 2. The SMILES string of the molecule is CNC(=O)C1C=Cc2cc(OC(C)C)ccc21. The molecule has 0 radical (unpaired) electrons. The Morgan fingerprint density at radius 3 is 2.82 bits per heavy atom. The van der Waals surface area contributed by atoms with E-state index in [-0.39, 0.29) is 17.9 Å². The van der Waals surface area contributed by atoms with E-state index >= 15 is 0 Å². The van der Waals surface area contributed by atoms with Crippen molar-refractivity contribution in [2.75, 3.05) is 7.05 Å². The molecular weight excluding hydrogens is 214 g/mol. The summed E-state index contributed by atoms with van der Waals surface area (Å²) < 4.78 is 5.63. The smallest absolute Gasteiger partial charge is 0.231 e. The lowest BCUT2D eigenvalue weighted by atomic mass is 10.00. The first kappa shape index (κ1) is 11.7. The van der Waals surface area contributed by atoms with Gasteiger partial charge in [0.25, 0.3) is 0 Å². The third kappa shape index (κ3) is 2.33. The Hall–Kier alpha value is -1.77. The zero-order valence-electron chi connectivity index (χ0n) is 10.4. The fourth-order valence-electron chi connectivity index (χ4n) is 2.01. The van der Waals surface area contributed by atoms with Gasteiger partial charge in [-0.25, -0.2) is 0 Å². The van der Waals surface area contributed by atoms with Gasteiger partial charge in [-0.3, -0.25) is 4.79 Å². The Labute approximate surface area is 101 Å². The number of hydrogen-bond donors (Lipinski definition) is 1. The van der Waals surface area contributed by atoms with E-state index in [2.05, 4.69) is 5.32 Å². The molecule has 0 spiro atoms. The lowest BCUT2D eigenvalue weighted by Gasteiger charge is -2.13. The summed E-state index contributed by atoms with van der Waals surface area (Å²) in [6, 6.07) is 5.86. The summed E-state index contributed by atoms with van der Waals surface area (Å²) in [5, 5.41) is 2.67. The fraction of sp³-hybridized carbons (Fsp3) is 0.357. The largest absolute Gasteiger partial charge is 0.491 e. The highest BCUT2D eigenvalue weighted by Crippen LogP contribution is 2.32. The van der Waals surface area contributed by atoms with Crippen LogP contribution in [0.1, 0.15) is 30.9 Å². The number of carbonyl (C=O) groups excluding carboxylic acids is 1. The van der Waals surface area contributed by atoms with Gasteiger partial charge in [-0.15, -0.1) is 0 Å². The predicted molar refractivity (Wildman–Crippen MR) is 68.0 cm³/mol. The molecule has 1 atom stereocenters. The Morgan fingerprint density at radius 2 is 2.18 bits per heavy atom. The third-order valence-electron chi connectivity index (χ3n) is 2.76. The van der Waals surface area contributed by atoms with Crippen LogP contribution in [-0.2, 0) is 4.79 Å².